The van der Waals surface area contributed by atoms with E-state index in [1.807, 2.05) is 32.0 Å². The standard InChI is InChI=1S/C16H19NO3/c1-4-14(18)13-7-6-12(10-17-13)20-15-8-5-11(2)9-16(15)19-3/h5-10,14,18H,4H2,1-3H3/t14-/m0/s1. The Morgan fingerprint density at radius 3 is 2.60 bits per heavy atom. The number of nitrogens with zero attached hydrogens (tertiary/aromatic N) is 1. The number of benzene rings is 1. The van der Waals surface area contributed by atoms with Gasteiger partial charge in [0.15, 0.2) is 11.5 Å². The minimum absolute atomic E-state index is 0.530. The van der Waals surface area contributed by atoms with E-state index in [0.717, 1.165) is 5.56 Å². The second-order valence-corrected chi connectivity index (χ2v) is 4.60. The maximum absolute atomic E-state index is 9.70. The summed E-state index contributed by atoms with van der Waals surface area (Å²) in [6, 6.07) is 9.30. The molecule has 0 saturated carbocycles. The number of aryl methyl sites for hydroxylation is 1. The van der Waals surface area contributed by atoms with Crippen molar-refractivity contribution in [1.82, 2.24) is 4.98 Å². The smallest absolute Gasteiger partial charge is 0.169 e. The van der Waals surface area contributed by atoms with Crippen molar-refractivity contribution in [1.29, 1.82) is 0 Å². The second kappa shape index (κ2) is 6.39. The van der Waals surface area contributed by atoms with E-state index in [-0.39, 0.29) is 0 Å². The van der Waals surface area contributed by atoms with Gasteiger partial charge in [-0.1, -0.05) is 13.0 Å². The second-order valence-electron chi connectivity index (χ2n) is 4.60. The predicted octanol–water partition coefficient (Wildman–Crippen LogP) is 3.63. The molecular formula is C16H19NO3. The maximum atomic E-state index is 9.70. The van der Waals surface area contributed by atoms with Crippen LogP contribution in [0.3, 0.4) is 0 Å². The molecule has 0 saturated heterocycles. The van der Waals surface area contributed by atoms with Crippen LogP contribution in [-0.4, -0.2) is 17.2 Å². The van der Waals surface area contributed by atoms with Crippen LogP contribution in [0.2, 0.25) is 0 Å². The van der Waals surface area contributed by atoms with E-state index in [0.29, 0.717) is 29.4 Å². The van der Waals surface area contributed by atoms with Crippen molar-refractivity contribution in [2.75, 3.05) is 7.11 Å². The maximum Gasteiger partial charge on any atom is 0.169 e. The Bertz CT molecular complexity index is 566. The summed E-state index contributed by atoms with van der Waals surface area (Å²) < 4.78 is 11.0. The highest BCUT2D eigenvalue weighted by Gasteiger charge is 2.08. The van der Waals surface area contributed by atoms with Crippen LogP contribution in [0.1, 0.15) is 30.7 Å². The molecule has 1 aromatic carbocycles. The van der Waals surface area contributed by atoms with Gasteiger partial charge in [0.05, 0.1) is 25.1 Å². The summed E-state index contributed by atoms with van der Waals surface area (Å²) in [7, 11) is 1.61. The van der Waals surface area contributed by atoms with Gasteiger partial charge in [0, 0.05) is 0 Å². The zero-order chi connectivity index (χ0) is 14.5. The van der Waals surface area contributed by atoms with Crippen molar-refractivity contribution in [2.45, 2.75) is 26.4 Å². The fourth-order valence-electron chi connectivity index (χ4n) is 1.84. The Hall–Kier alpha value is -2.07. The minimum atomic E-state index is -0.530. The molecule has 4 heteroatoms. The van der Waals surface area contributed by atoms with Crippen LogP contribution in [0.4, 0.5) is 0 Å². The number of aliphatic hydroxyl groups is 1. The van der Waals surface area contributed by atoms with Gasteiger partial charge in [-0.3, -0.25) is 4.98 Å². The molecule has 1 atom stereocenters. The van der Waals surface area contributed by atoms with Crippen molar-refractivity contribution < 1.29 is 14.6 Å². The van der Waals surface area contributed by atoms with Crippen LogP contribution < -0.4 is 9.47 Å². The molecule has 2 rings (SSSR count). The number of pyridine rings is 1. The highest BCUT2D eigenvalue weighted by atomic mass is 16.5. The van der Waals surface area contributed by atoms with Crippen molar-refractivity contribution in [3.63, 3.8) is 0 Å². The van der Waals surface area contributed by atoms with E-state index in [9.17, 15) is 5.11 Å². The third kappa shape index (κ3) is 3.27. The Morgan fingerprint density at radius 2 is 2.00 bits per heavy atom. The number of aliphatic hydroxyl groups excluding tert-OH is 1. The number of ether oxygens (including phenoxy) is 2. The Labute approximate surface area is 119 Å². The Kier molecular flexibility index (Phi) is 4.58. The molecule has 0 amide bonds. The monoisotopic (exact) mass is 273 g/mol. The van der Waals surface area contributed by atoms with E-state index in [2.05, 4.69) is 4.98 Å². The van der Waals surface area contributed by atoms with Crippen LogP contribution in [0.15, 0.2) is 36.5 Å². The molecule has 0 spiro atoms. The third-order valence-corrected chi connectivity index (χ3v) is 3.03. The molecule has 0 aliphatic heterocycles. The van der Waals surface area contributed by atoms with Crippen LogP contribution in [0.25, 0.3) is 0 Å². The van der Waals surface area contributed by atoms with Gasteiger partial charge >= 0.3 is 0 Å². The van der Waals surface area contributed by atoms with Gasteiger partial charge in [0.1, 0.15) is 5.75 Å². The number of rotatable bonds is 5. The molecule has 0 fully saturated rings. The summed E-state index contributed by atoms with van der Waals surface area (Å²) in [4.78, 5) is 4.20. The van der Waals surface area contributed by atoms with Crippen LogP contribution in [0, 0.1) is 6.92 Å². The van der Waals surface area contributed by atoms with Crippen LogP contribution >= 0.6 is 0 Å². The molecule has 1 N–H and O–H groups in total. The quantitative estimate of drug-likeness (QED) is 0.903. The average molecular weight is 273 g/mol. The van der Waals surface area contributed by atoms with E-state index in [1.54, 1.807) is 25.4 Å². The first-order chi connectivity index (χ1) is 9.63. The number of hydrogen-bond acceptors (Lipinski definition) is 4. The summed E-state index contributed by atoms with van der Waals surface area (Å²) in [5.74, 6) is 1.94. The largest absolute Gasteiger partial charge is 0.493 e. The summed E-state index contributed by atoms with van der Waals surface area (Å²) in [5, 5.41) is 9.70. The van der Waals surface area contributed by atoms with Gasteiger partial charge in [-0.05, 0) is 43.2 Å². The van der Waals surface area contributed by atoms with E-state index in [4.69, 9.17) is 9.47 Å². The highest BCUT2D eigenvalue weighted by Crippen LogP contribution is 2.32. The van der Waals surface area contributed by atoms with Gasteiger partial charge in [-0.15, -0.1) is 0 Å². The third-order valence-electron chi connectivity index (χ3n) is 3.03. The Morgan fingerprint density at radius 1 is 1.20 bits per heavy atom. The molecule has 106 valence electrons. The van der Waals surface area contributed by atoms with Gasteiger partial charge in [0.25, 0.3) is 0 Å². The van der Waals surface area contributed by atoms with Gasteiger partial charge in [0.2, 0.25) is 0 Å². The molecule has 4 nitrogen and oxygen atoms in total. The fourth-order valence-corrected chi connectivity index (χ4v) is 1.84. The first-order valence-corrected chi connectivity index (χ1v) is 6.60. The van der Waals surface area contributed by atoms with Crippen LogP contribution in [0.5, 0.6) is 17.2 Å². The number of methoxy groups -OCH3 is 1. The summed E-state index contributed by atoms with van der Waals surface area (Å²) in [6.45, 7) is 3.91. The molecule has 2 aromatic rings. The van der Waals surface area contributed by atoms with Crippen molar-refractivity contribution in [3.05, 3.63) is 47.8 Å². The molecule has 1 aromatic heterocycles. The minimum Gasteiger partial charge on any atom is -0.493 e. The summed E-state index contributed by atoms with van der Waals surface area (Å²) >= 11 is 0. The van der Waals surface area contributed by atoms with E-state index >= 15 is 0 Å². The lowest BCUT2D eigenvalue weighted by Crippen LogP contribution is -1.98. The molecule has 20 heavy (non-hydrogen) atoms. The number of aromatic nitrogens is 1. The topological polar surface area (TPSA) is 51.6 Å². The van der Waals surface area contributed by atoms with Crippen molar-refractivity contribution >= 4 is 0 Å². The van der Waals surface area contributed by atoms with E-state index in [1.165, 1.54) is 0 Å². The number of hydrogen-bond donors (Lipinski definition) is 1. The van der Waals surface area contributed by atoms with Gasteiger partial charge in [-0.2, -0.15) is 0 Å². The van der Waals surface area contributed by atoms with Crippen molar-refractivity contribution in [3.8, 4) is 17.2 Å². The summed E-state index contributed by atoms with van der Waals surface area (Å²) in [5.41, 5.74) is 1.75. The SMILES string of the molecule is CC[C@H](O)c1ccc(Oc2ccc(C)cc2OC)cn1. The first kappa shape index (κ1) is 14.3. The highest BCUT2D eigenvalue weighted by molar-refractivity contribution is 5.44. The molecule has 0 unspecified atom stereocenters. The average Bonchev–Trinajstić information content (AvgIpc) is 2.49. The molecule has 0 bridgehead atoms. The fraction of sp³-hybridized carbons (Fsp3) is 0.312. The van der Waals surface area contributed by atoms with Gasteiger partial charge in [-0.25, -0.2) is 0 Å². The normalized spacial score (nSPS) is 12.0. The zero-order valence-electron chi connectivity index (χ0n) is 12.0. The zero-order valence-corrected chi connectivity index (χ0v) is 12.0. The Balaban J connectivity index is 2.18. The van der Waals surface area contributed by atoms with Crippen molar-refractivity contribution in [2.24, 2.45) is 0 Å². The van der Waals surface area contributed by atoms with Gasteiger partial charge < -0.3 is 14.6 Å². The molecular weight excluding hydrogens is 254 g/mol. The molecule has 0 radical (unpaired) electrons. The predicted molar refractivity (Wildman–Crippen MR) is 77.3 cm³/mol. The molecule has 0 aliphatic rings. The molecule has 0 aliphatic carbocycles. The lowest BCUT2D eigenvalue weighted by molar-refractivity contribution is 0.169. The first-order valence-electron chi connectivity index (χ1n) is 6.60. The summed E-state index contributed by atoms with van der Waals surface area (Å²) in [6.07, 6.45) is 1.71. The van der Waals surface area contributed by atoms with Crippen LogP contribution in [-0.2, 0) is 0 Å². The van der Waals surface area contributed by atoms with E-state index < -0.39 is 6.10 Å². The lowest BCUT2D eigenvalue weighted by atomic mass is 10.2. The lowest BCUT2D eigenvalue weighted by Gasteiger charge is -2.12. The molecule has 1 heterocycles.